The van der Waals surface area contributed by atoms with Crippen LogP contribution in [-0.4, -0.2) is 59.0 Å². The summed E-state index contributed by atoms with van der Waals surface area (Å²) in [6, 6.07) is 0. The van der Waals surface area contributed by atoms with E-state index in [0.29, 0.717) is 19.1 Å². The van der Waals surface area contributed by atoms with Crippen molar-refractivity contribution in [3.63, 3.8) is 0 Å². The number of ether oxygens (including phenoxy) is 3. The maximum atomic E-state index is 12.3. The van der Waals surface area contributed by atoms with Gasteiger partial charge in [0.1, 0.15) is 5.60 Å². The molecule has 1 amide bonds. The van der Waals surface area contributed by atoms with Crippen molar-refractivity contribution in [2.75, 3.05) is 30.7 Å². The second kappa shape index (κ2) is 7.21. The molecule has 0 aromatic heterocycles. The van der Waals surface area contributed by atoms with E-state index >= 15 is 0 Å². The second-order valence-corrected chi connectivity index (χ2v) is 8.26. The van der Waals surface area contributed by atoms with E-state index in [0.717, 1.165) is 30.4 Å². The lowest BCUT2D eigenvalue weighted by Gasteiger charge is -2.43. The molecule has 128 valence electrons. The Hall–Kier alpha value is -0.0800. The van der Waals surface area contributed by atoms with Gasteiger partial charge in [-0.3, -0.25) is 0 Å². The summed E-state index contributed by atoms with van der Waals surface area (Å²) in [5, 5.41) is 0. The molecule has 6 heteroatoms. The fraction of sp³-hybridized carbons (Fsp3) is 0.938. The zero-order valence-corrected chi connectivity index (χ0v) is 16.2. The number of alkyl halides is 1. The van der Waals surface area contributed by atoms with Crippen molar-refractivity contribution in [1.82, 2.24) is 4.90 Å². The molecule has 0 saturated carbocycles. The number of rotatable bonds is 3. The van der Waals surface area contributed by atoms with Gasteiger partial charge in [0.2, 0.25) is 0 Å². The number of piperidine rings is 1. The molecule has 2 saturated heterocycles. The third-order valence-electron chi connectivity index (χ3n) is 4.13. The number of amides is 1. The van der Waals surface area contributed by atoms with Crippen LogP contribution in [0.4, 0.5) is 4.79 Å². The number of halogens is 1. The molecule has 0 radical (unpaired) electrons. The van der Waals surface area contributed by atoms with Crippen LogP contribution in [0, 0.1) is 5.92 Å². The summed E-state index contributed by atoms with van der Waals surface area (Å²) < 4.78 is 18.3. The van der Waals surface area contributed by atoms with Crippen LogP contribution in [0.3, 0.4) is 0 Å². The maximum absolute atomic E-state index is 12.3. The minimum Gasteiger partial charge on any atom is -0.444 e. The van der Waals surface area contributed by atoms with Crippen LogP contribution < -0.4 is 0 Å². The number of carbonyl (C=O) groups excluding carboxylic acids is 1. The van der Waals surface area contributed by atoms with Gasteiger partial charge in [-0.05, 0) is 33.6 Å². The molecule has 0 aromatic carbocycles. The smallest absolute Gasteiger partial charge is 0.410 e. The van der Waals surface area contributed by atoms with Crippen LogP contribution in [0.2, 0.25) is 0 Å². The number of likely N-dealkylation sites (tertiary alicyclic amines) is 1. The van der Waals surface area contributed by atoms with Crippen LogP contribution in [0.1, 0.15) is 40.5 Å². The van der Waals surface area contributed by atoms with Crippen LogP contribution >= 0.6 is 22.6 Å². The Morgan fingerprint density at radius 2 is 2.14 bits per heavy atom. The van der Waals surface area contributed by atoms with Crippen molar-refractivity contribution < 1.29 is 19.0 Å². The highest BCUT2D eigenvalue weighted by molar-refractivity contribution is 14.1. The van der Waals surface area contributed by atoms with E-state index in [1.807, 2.05) is 20.8 Å². The topological polar surface area (TPSA) is 48.0 Å². The Labute approximate surface area is 147 Å². The van der Waals surface area contributed by atoms with Gasteiger partial charge in [-0.1, -0.05) is 29.5 Å². The molecule has 0 aliphatic carbocycles. The SMILES string of the molecule is CC1COCC1OC1(CI)CCCN(C(=O)OC(C)(C)C)C1. The minimum absolute atomic E-state index is 0.133. The average Bonchev–Trinajstić information content (AvgIpc) is 2.82. The lowest BCUT2D eigenvalue weighted by Crippen LogP contribution is -2.55. The summed E-state index contributed by atoms with van der Waals surface area (Å²) in [6.07, 6.45) is 1.83. The number of hydrogen-bond donors (Lipinski definition) is 0. The highest BCUT2D eigenvalue weighted by Gasteiger charge is 2.42. The molecule has 3 unspecified atom stereocenters. The third-order valence-corrected chi connectivity index (χ3v) is 5.52. The summed E-state index contributed by atoms with van der Waals surface area (Å²) in [5.41, 5.74) is -0.738. The molecule has 0 aromatic rings. The third kappa shape index (κ3) is 4.71. The predicted molar refractivity (Wildman–Crippen MR) is 93.5 cm³/mol. The fourth-order valence-corrected chi connectivity index (χ4v) is 3.73. The van der Waals surface area contributed by atoms with Gasteiger partial charge in [0, 0.05) is 16.9 Å². The Morgan fingerprint density at radius 1 is 1.41 bits per heavy atom. The zero-order chi connectivity index (χ0) is 16.4. The van der Waals surface area contributed by atoms with Crippen molar-refractivity contribution in [3.8, 4) is 0 Å². The van der Waals surface area contributed by atoms with Crippen molar-refractivity contribution >= 4 is 28.7 Å². The number of hydrogen-bond acceptors (Lipinski definition) is 4. The molecule has 0 N–H and O–H groups in total. The molecule has 5 nitrogen and oxygen atoms in total. The highest BCUT2D eigenvalue weighted by Crippen LogP contribution is 2.32. The average molecular weight is 425 g/mol. The van der Waals surface area contributed by atoms with E-state index in [1.54, 1.807) is 4.90 Å². The molecule has 2 fully saturated rings. The Balaban J connectivity index is 2.01. The van der Waals surface area contributed by atoms with Gasteiger partial charge in [0.05, 0.1) is 31.5 Å². The molecule has 2 aliphatic rings. The highest BCUT2D eigenvalue weighted by atomic mass is 127. The number of nitrogens with zero attached hydrogens (tertiary/aromatic N) is 1. The van der Waals surface area contributed by atoms with Gasteiger partial charge in [-0.2, -0.15) is 0 Å². The van der Waals surface area contributed by atoms with Crippen molar-refractivity contribution in [3.05, 3.63) is 0 Å². The van der Waals surface area contributed by atoms with E-state index in [9.17, 15) is 4.79 Å². The van der Waals surface area contributed by atoms with E-state index < -0.39 is 5.60 Å². The van der Waals surface area contributed by atoms with E-state index in [4.69, 9.17) is 14.2 Å². The Morgan fingerprint density at radius 3 is 2.68 bits per heavy atom. The molecule has 2 rings (SSSR count). The predicted octanol–water partition coefficient (Wildman–Crippen LogP) is 3.24. The lowest BCUT2D eigenvalue weighted by atomic mass is 9.94. The number of carbonyl (C=O) groups is 1. The van der Waals surface area contributed by atoms with E-state index in [-0.39, 0.29) is 17.8 Å². The monoisotopic (exact) mass is 425 g/mol. The first-order chi connectivity index (χ1) is 10.2. The fourth-order valence-electron chi connectivity index (χ4n) is 2.93. The van der Waals surface area contributed by atoms with Gasteiger partial charge in [-0.25, -0.2) is 4.79 Å². The largest absolute Gasteiger partial charge is 0.444 e. The summed E-state index contributed by atoms with van der Waals surface area (Å²) in [6.45, 7) is 10.6. The first-order valence-electron chi connectivity index (χ1n) is 8.04. The Bertz CT molecular complexity index is 398. The quantitative estimate of drug-likeness (QED) is 0.515. The summed E-state index contributed by atoms with van der Waals surface area (Å²) in [5.74, 6) is 0.414. The van der Waals surface area contributed by atoms with Gasteiger partial charge >= 0.3 is 6.09 Å². The first kappa shape index (κ1) is 18.3. The molecule has 2 heterocycles. The molecular formula is C16H28INO4. The van der Waals surface area contributed by atoms with E-state index in [2.05, 4.69) is 29.5 Å². The van der Waals surface area contributed by atoms with Crippen molar-refractivity contribution in [1.29, 1.82) is 0 Å². The van der Waals surface area contributed by atoms with Gasteiger partial charge in [-0.15, -0.1) is 0 Å². The zero-order valence-electron chi connectivity index (χ0n) is 14.1. The van der Waals surface area contributed by atoms with Crippen LogP contribution in [-0.2, 0) is 14.2 Å². The van der Waals surface area contributed by atoms with Crippen molar-refractivity contribution in [2.45, 2.75) is 57.8 Å². The van der Waals surface area contributed by atoms with Crippen LogP contribution in [0.15, 0.2) is 0 Å². The minimum atomic E-state index is -0.462. The lowest BCUT2D eigenvalue weighted by molar-refractivity contribution is -0.120. The summed E-state index contributed by atoms with van der Waals surface area (Å²) in [4.78, 5) is 14.1. The standard InChI is InChI=1S/C16H28INO4/c1-12-8-20-9-13(12)21-16(10-17)6-5-7-18(11-16)14(19)22-15(2,3)4/h12-13H,5-11H2,1-4H3. The Kier molecular flexibility index (Phi) is 5.99. The van der Waals surface area contributed by atoms with E-state index in [1.165, 1.54) is 0 Å². The molecule has 22 heavy (non-hydrogen) atoms. The molecule has 3 atom stereocenters. The van der Waals surface area contributed by atoms with Gasteiger partial charge in [0.25, 0.3) is 0 Å². The first-order valence-corrected chi connectivity index (χ1v) is 9.57. The van der Waals surface area contributed by atoms with Crippen LogP contribution in [0.25, 0.3) is 0 Å². The van der Waals surface area contributed by atoms with Crippen LogP contribution in [0.5, 0.6) is 0 Å². The van der Waals surface area contributed by atoms with Gasteiger partial charge < -0.3 is 19.1 Å². The molecule has 0 bridgehead atoms. The normalized spacial score (nSPS) is 33.0. The molecule has 0 spiro atoms. The van der Waals surface area contributed by atoms with Gasteiger partial charge in [0.15, 0.2) is 0 Å². The van der Waals surface area contributed by atoms with Crippen molar-refractivity contribution in [2.24, 2.45) is 5.92 Å². The summed E-state index contributed by atoms with van der Waals surface area (Å²) >= 11 is 2.37. The maximum Gasteiger partial charge on any atom is 0.410 e. The molecule has 2 aliphatic heterocycles. The molecular weight excluding hydrogens is 397 g/mol. The summed E-state index contributed by atoms with van der Waals surface area (Å²) in [7, 11) is 0. The second-order valence-electron chi connectivity index (χ2n) is 7.49.